The zero-order valence-corrected chi connectivity index (χ0v) is 15.3. The second-order valence-electron chi connectivity index (χ2n) is 6.23. The number of nitrogens with one attached hydrogen (secondary N) is 2. The number of nitrogens with zero attached hydrogens (tertiary/aromatic N) is 1. The summed E-state index contributed by atoms with van der Waals surface area (Å²) >= 11 is 12.0. The second kappa shape index (κ2) is 5.89. The molecule has 9 heteroatoms. The van der Waals surface area contributed by atoms with Gasteiger partial charge in [0, 0.05) is 18.7 Å². The van der Waals surface area contributed by atoms with E-state index >= 15 is 0 Å². The van der Waals surface area contributed by atoms with Gasteiger partial charge in [-0.15, -0.1) is 23.2 Å². The largest absolute Gasteiger partial charge is 0.325 e. The number of anilines is 1. The van der Waals surface area contributed by atoms with Gasteiger partial charge in [0.25, 0.3) is 10.0 Å². The monoisotopic (exact) mass is 389 g/mol. The molecule has 1 amide bonds. The minimum Gasteiger partial charge on any atom is -0.325 e. The van der Waals surface area contributed by atoms with Crippen molar-refractivity contribution >= 4 is 50.7 Å². The Morgan fingerprint density at radius 3 is 2.62 bits per heavy atom. The van der Waals surface area contributed by atoms with E-state index in [0.29, 0.717) is 30.9 Å². The van der Waals surface area contributed by atoms with Crippen molar-refractivity contribution in [2.45, 2.75) is 35.4 Å². The first-order chi connectivity index (χ1) is 11.1. The maximum atomic E-state index is 12.4. The molecule has 1 saturated carbocycles. The lowest BCUT2D eigenvalue weighted by atomic mass is 10.1. The van der Waals surface area contributed by atoms with Gasteiger partial charge in [-0.3, -0.25) is 14.5 Å². The molecule has 1 aliphatic carbocycles. The molecule has 0 spiro atoms. The van der Waals surface area contributed by atoms with Gasteiger partial charge in [-0.1, -0.05) is 6.07 Å². The van der Waals surface area contributed by atoms with Crippen LogP contribution < -0.4 is 10.0 Å². The molecule has 2 N–H and O–H groups in total. The van der Waals surface area contributed by atoms with E-state index in [-0.39, 0.29) is 10.8 Å². The number of hydrogen-bond donors (Lipinski definition) is 2. The molecule has 1 unspecified atom stereocenters. The Hall–Kier alpha value is -1.31. The van der Waals surface area contributed by atoms with Gasteiger partial charge in [-0.25, -0.2) is 8.42 Å². The Morgan fingerprint density at radius 1 is 1.33 bits per heavy atom. The zero-order valence-electron chi connectivity index (χ0n) is 13.0. The molecule has 1 aromatic carbocycles. The summed E-state index contributed by atoms with van der Waals surface area (Å²) in [4.78, 5) is 16.4. The summed E-state index contributed by atoms with van der Waals surface area (Å²) < 4.78 is 26.2. The van der Waals surface area contributed by atoms with Gasteiger partial charge in [0.05, 0.1) is 10.3 Å². The van der Waals surface area contributed by atoms with Crippen LogP contribution in [0.3, 0.4) is 0 Å². The number of aliphatic imine (C=N–C) groups is 1. The van der Waals surface area contributed by atoms with E-state index in [1.165, 1.54) is 12.1 Å². The highest BCUT2D eigenvalue weighted by atomic mass is 35.5. The summed E-state index contributed by atoms with van der Waals surface area (Å²) in [6, 6.07) is 6.02. The van der Waals surface area contributed by atoms with Crippen molar-refractivity contribution in [3.63, 3.8) is 0 Å². The van der Waals surface area contributed by atoms with E-state index in [9.17, 15) is 13.2 Å². The van der Waals surface area contributed by atoms with Crippen LogP contribution in [0, 0.1) is 5.41 Å². The third kappa shape index (κ3) is 3.25. The molecule has 1 aliphatic heterocycles. The Kier molecular flexibility index (Phi) is 4.30. The van der Waals surface area contributed by atoms with Crippen molar-refractivity contribution in [3.8, 4) is 0 Å². The molecule has 2 aliphatic rings. The maximum absolute atomic E-state index is 12.4. The molecule has 0 bridgehead atoms. The fourth-order valence-electron chi connectivity index (χ4n) is 2.49. The first-order valence-electron chi connectivity index (χ1n) is 7.50. The average molecular weight is 390 g/mol. The van der Waals surface area contributed by atoms with Crippen LogP contribution in [-0.4, -0.2) is 31.0 Å². The summed E-state index contributed by atoms with van der Waals surface area (Å²) in [7, 11) is -3.73. The molecular weight excluding hydrogens is 373 g/mol. The van der Waals surface area contributed by atoms with Gasteiger partial charge >= 0.3 is 0 Å². The summed E-state index contributed by atoms with van der Waals surface area (Å²) in [5.41, 5.74) is -0.504. The molecule has 0 aromatic heterocycles. The molecule has 3 rings (SSSR count). The summed E-state index contributed by atoms with van der Waals surface area (Å²) in [5, 5.41) is 2.68. The number of amides is 1. The van der Waals surface area contributed by atoms with Crippen LogP contribution in [0.1, 0.15) is 26.2 Å². The lowest BCUT2D eigenvalue weighted by molar-refractivity contribution is -0.120. The SMILES string of the molecule is CC1(C(=O)Nc2cccc(S(=O)(=O)NC3=NCCC3)c2)CC1(Cl)Cl. The normalized spacial score (nSPS) is 25.0. The smallest absolute Gasteiger partial charge is 0.262 e. The highest BCUT2D eigenvalue weighted by Gasteiger charge is 2.67. The van der Waals surface area contributed by atoms with E-state index in [1.807, 2.05) is 0 Å². The molecule has 1 atom stereocenters. The van der Waals surface area contributed by atoms with Crippen molar-refractivity contribution in [1.82, 2.24) is 4.72 Å². The number of carbonyl (C=O) groups excluding carboxylic acids is 1. The van der Waals surface area contributed by atoms with E-state index in [4.69, 9.17) is 23.2 Å². The fourth-order valence-corrected chi connectivity index (χ4v) is 4.33. The third-order valence-electron chi connectivity index (χ3n) is 4.29. The van der Waals surface area contributed by atoms with Crippen LogP contribution in [0.15, 0.2) is 34.2 Å². The molecule has 1 aromatic rings. The van der Waals surface area contributed by atoms with Crippen LogP contribution in [0.2, 0.25) is 0 Å². The predicted octanol–water partition coefficient (Wildman–Crippen LogP) is 2.68. The summed E-state index contributed by atoms with van der Waals surface area (Å²) in [5.74, 6) is 0.124. The molecular formula is C15H17Cl2N3O3S. The number of hydrogen-bond acceptors (Lipinski definition) is 4. The van der Waals surface area contributed by atoms with Crippen molar-refractivity contribution in [1.29, 1.82) is 0 Å². The number of rotatable bonds is 4. The predicted molar refractivity (Wildman–Crippen MR) is 94.1 cm³/mol. The molecule has 1 fully saturated rings. The Morgan fingerprint density at radius 2 is 2.04 bits per heavy atom. The van der Waals surface area contributed by atoms with Crippen LogP contribution in [0.5, 0.6) is 0 Å². The zero-order chi connectivity index (χ0) is 17.6. The van der Waals surface area contributed by atoms with Crippen molar-refractivity contribution < 1.29 is 13.2 Å². The fraction of sp³-hybridized carbons (Fsp3) is 0.467. The molecule has 6 nitrogen and oxygen atoms in total. The van der Waals surface area contributed by atoms with Crippen LogP contribution in [0.4, 0.5) is 5.69 Å². The number of halogens is 2. The van der Waals surface area contributed by atoms with E-state index in [0.717, 1.165) is 6.42 Å². The number of alkyl halides is 2. The standard InChI is InChI=1S/C15H17Cl2N3O3S/c1-14(9-15(14,16)17)13(21)19-10-4-2-5-11(8-10)24(22,23)20-12-6-3-7-18-12/h2,4-5,8H,3,6-7,9H2,1H3,(H,18,20)(H,19,21). The summed E-state index contributed by atoms with van der Waals surface area (Å²) in [6.07, 6.45) is 1.81. The van der Waals surface area contributed by atoms with Crippen LogP contribution >= 0.6 is 23.2 Å². The van der Waals surface area contributed by atoms with Gasteiger partial charge in [0.2, 0.25) is 5.91 Å². The quantitative estimate of drug-likeness (QED) is 0.775. The summed E-state index contributed by atoms with van der Waals surface area (Å²) in [6.45, 7) is 2.30. The highest BCUT2D eigenvalue weighted by molar-refractivity contribution is 7.90. The van der Waals surface area contributed by atoms with Crippen molar-refractivity contribution in [2.24, 2.45) is 10.4 Å². The molecule has 1 heterocycles. The first-order valence-corrected chi connectivity index (χ1v) is 9.73. The molecule has 0 radical (unpaired) electrons. The Bertz CT molecular complexity index is 823. The maximum Gasteiger partial charge on any atom is 0.262 e. The van der Waals surface area contributed by atoms with Gasteiger partial charge in [-0.05, 0) is 38.0 Å². The van der Waals surface area contributed by atoms with Crippen LogP contribution in [0.25, 0.3) is 0 Å². The Balaban J connectivity index is 1.76. The van der Waals surface area contributed by atoms with E-state index in [2.05, 4.69) is 15.0 Å². The molecule has 0 saturated heterocycles. The second-order valence-corrected chi connectivity index (χ2v) is 9.40. The highest BCUT2D eigenvalue weighted by Crippen LogP contribution is 2.64. The lowest BCUT2D eigenvalue weighted by Gasteiger charge is -2.14. The third-order valence-corrected chi connectivity index (χ3v) is 6.77. The number of amidine groups is 1. The van der Waals surface area contributed by atoms with Crippen molar-refractivity contribution in [3.05, 3.63) is 24.3 Å². The first kappa shape index (κ1) is 17.5. The van der Waals surface area contributed by atoms with Gasteiger partial charge < -0.3 is 5.32 Å². The lowest BCUT2D eigenvalue weighted by Crippen LogP contribution is -2.29. The van der Waals surface area contributed by atoms with Gasteiger partial charge in [0.15, 0.2) is 0 Å². The Labute approximate surface area is 150 Å². The number of carbonyl (C=O) groups is 1. The number of benzene rings is 1. The van der Waals surface area contributed by atoms with Crippen molar-refractivity contribution in [2.75, 3.05) is 11.9 Å². The topological polar surface area (TPSA) is 87.6 Å². The van der Waals surface area contributed by atoms with Gasteiger partial charge in [-0.2, -0.15) is 0 Å². The van der Waals surface area contributed by atoms with E-state index < -0.39 is 19.8 Å². The molecule has 24 heavy (non-hydrogen) atoms. The average Bonchev–Trinajstić information content (AvgIpc) is 2.86. The minimum absolute atomic E-state index is 0.0545. The minimum atomic E-state index is -3.73. The van der Waals surface area contributed by atoms with Gasteiger partial charge in [0.1, 0.15) is 10.2 Å². The molecule has 130 valence electrons. The van der Waals surface area contributed by atoms with E-state index in [1.54, 1.807) is 19.1 Å². The number of sulfonamides is 1. The van der Waals surface area contributed by atoms with Crippen LogP contribution in [-0.2, 0) is 14.8 Å².